The molecule has 1 N–H and O–H groups in total. The molecule has 7 heteroatoms. The average Bonchev–Trinajstić information content (AvgIpc) is 3.42. The Balaban J connectivity index is 1.44. The van der Waals surface area contributed by atoms with Crippen LogP contribution in [0.5, 0.6) is 0 Å². The molecule has 6 nitrogen and oxygen atoms in total. The summed E-state index contributed by atoms with van der Waals surface area (Å²) >= 11 is 6.01. The first-order valence-electron chi connectivity index (χ1n) is 11.0. The summed E-state index contributed by atoms with van der Waals surface area (Å²) < 4.78 is 5.53. The second-order valence-corrected chi connectivity index (χ2v) is 8.90. The number of ether oxygens (including phenoxy) is 1. The fraction of sp³-hybridized carbons (Fsp3) is 0.269. The first-order valence-corrected chi connectivity index (χ1v) is 11.4. The molecule has 3 aromatic rings. The zero-order valence-corrected chi connectivity index (χ0v) is 18.6. The molecule has 2 aliphatic heterocycles. The van der Waals surface area contributed by atoms with Gasteiger partial charge in [0.25, 0.3) is 5.91 Å². The standard InChI is InChI=1S/C26H23ClN2O4/c27-18-10-8-16(9-11-18)14-21(26(32)29-13-12-23-24(29)22(30)15-33-23)28-25(31)20-7-3-5-17-4-1-2-6-19(17)20/h1-11,21,23-24H,12-15H2,(H,28,31). The zero-order chi connectivity index (χ0) is 22.9. The lowest BCUT2D eigenvalue weighted by Gasteiger charge is -2.28. The molecule has 2 aliphatic rings. The van der Waals surface area contributed by atoms with Gasteiger partial charge in [0.2, 0.25) is 5.91 Å². The summed E-state index contributed by atoms with van der Waals surface area (Å²) in [6, 6.07) is 18.9. The highest BCUT2D eigenvalue weighted by molar-refractivity contribution is 6.30. The van der Waals surface area contributed by atoms with Gasteiger partial charge >= 0.3 is 0 Å². The maximum atomic E-state index is 13.6. The van der Waals surface area contributed by atoms with Crippen molar-refractivity contribution in [2.45, 2.75) is 31.0 Å². The van der Waals surface area contributed by atoms with E-state index in [4.69, 9.17) is 16.3 Å². The van der Waals surface area contributed by atoms with E-state index in [0.29, 0.717) is 23.6 Å². The third-order valence-corrected chi connectivity index (χ3v) is 6.64. The lowest BCUT2D eigenvalue weighted by atomic mass is 10.0. The summed E-state index contributed by atoms with van der Waals surface area (Å²) in [7, 11) is 0. The second-order valence-electron chi connectivity index (χ2n) is 8.46. The van der Waals surface area contributed by atoms with E-state index in [-0.39, 0.29) is 36.7 Å². The lowest BCUT2D eigenvalue weighted by Crippen LogP contribution is -2.53. The van der Waals surface area contributed by atoms with Gasteiger partial charge in [-0.2, -0.15) is 0 Å². The molecule has 3 atom stereocenters. The number of halogens is 1. The highest BCUT2D eigenvalue weighted by Gasteiger charge is 2.48. The third-order valence-electron chi connectivity index (χ3n) is 6.39. The number of nitrogens with one attached hydrogen (secondary N) is 1. The van der Waals surface area contributed by atoms with Gasteiger partial charge in [-0.1, -0.05) is 60.1 Å². The molecule has 2 amide bonds. The number of carbonyl (C=O) groups is 3. The summed E-state index contributed by atoms with van der Waals surface area (Å²) in [5, 5.41) is 5.30. The molecule has 0 aliphatic carbocycles. The van der Waals surface area contributed by atoms with Gasteiger partial charge in [-0.15, -0.1) is 0 Å². The van der Waals surface area contributed by atoms with Gasteiger partial charge in [0.05, 0.1) is 6.10 Å². The van der Waals surface area contributed by atoms with Crippen LogP contribution in [0, 0.1) is 0 Å². The molecule has 0 spiro atoms. The van der Waals surface area contributed by atoms with Gasteiger partial charge in [0.15, 0.2) is 5.78 Å². The Kier molecular flexibility index (Phi) is 5.87. The first kappa shape index (κ1) is 21.6. The predicted octanol–water partition coefficient (Wildman–Crippen LogP) is 3.40. The van der Waals surface area contributed by atoms with Crippen LogP contribution in [0.4, 0.5) is 0 Å². The van der Waals surface area contributed by atoms with Crippen molar-refractivity contribution in [1.82, 2.24) is 10.2 Å². The van der Waals surface area contributed by atoms with Crippen molar-refractivity contribution < 1.29 is 19.1 Å². The number of Topliss-reactive ketones (excluding diaryl/α,β-unsaturated/α-hetero) is 1. The number of rotatable bonds is 5. The molecular weight excluding hydrogens is 440 g/mol. The largest absolute Gasteiger partial charge is 0.368 e. The van der Waals surface area contributed by atoms with Crippen molar-refractivity contribution in [1.29, 1.82) is 0 Å². The highest BCUT2D eigenvalue weighted by Crippen LogP contribution is 2.28. The van der Waals surface area contributed by atoms with Crippen LogP contribution in [0.1, 0.15) is 22.3 Å². The van der Waals surface area contributed by atoms with Crippen LogP contribution in [0.25, 0.3) is 10.8 Å². The van der Waals surface area contributed by atoms with Crippen LogP contribution >= 0.6 is 11.6 Å². The molecule has 168 valence electrons. The third kappa shape index (κ3) is 4.24. The van der Waals surface area contributed by atoms with Gasteiger partial charge in [-0.25, -0.2) is 0 Å². The highest BCUT2D eigenvalue weighted by atomic mass is 35.5. The normalized spacial score (nSPS) is 20.6. The summed E-state index contributed by atoms with van der Waals surface area (Å²) in [5.41, 5.74) is 1.36. The molecule has 33 heavy (non-hydrogen) atoms. The van der Waals surface area contributed by atoms with E-state index in [1.54, 1.807) is 23.1 Å². The molecule has 2 fully saturated rings. The summed E-state index contributed by atoms with van der Waals surface area (Å²) in [6.45, 7) is 0.463. The number of benzene rings is 3. The maximum Gasteiger partial charge on any atom is 0.252 e. The SMILES string of the molecule is O=C(NC(Cc1ccc(Cl)cc1)C(=O)N1CCC2OCC(=O)C21)c1cccc2ccccc12. The van der Waals surface area contributed by atoms with Gasteiger partial charge < -0.3 is 15.0 Å². The lowest BCUT2D eigenvalue weighted by molar-refractivity contribution is -0.138. The van der Waals surface area contributed by atoms with Crippen molar-refractivity contribution in [3.05, 3.63) is 82.9 Å². The predicted molar refractivity (Wildman–Crippen MR) is 125 cm³/mol. The minimum Gasteiger partial charge on any atom is -0.368 e. The molecule has 0 saturated carbocycles. The molecule has 5 rings (SSSR count). The fourth-order valence-corrected chi connectivity index (χ4v) is 4.88. The monoisotopic (exact) mass is 462 g/mol. The summed E-state index contributed by atoms with van der Waals surface area (Å²) in [6.07, 6.45) is 0.647. The molecule has 0 aromatic heterocycles. The van der Waals surface area contributed by atoms with Crippen molar-refractivity contribution in [2.24, 2.45) is 0 Å². The quantitative estimate of drug-likeness (QED) is 0.630. The van der Waals surface area contributed by atoms with Crippen molar-refractivity contribution >= 4 is 40.0 Å². The molecule has 3 unspecified atom stereocenters. The van der Waals surface area contributed by atoms with Crippen LogP contribution in [0.15, 0.2) is 66.7 Å². The first-order chi connectivity index (χ1) is 16.0. The number of likely N-dealkylation sites (tertiary alicyclic amines) is 1. The molecule has 0 bridgehead atoms. The maximum absolute atomic E-state index is 13.6. The van der Waals surface area contributed by atoms with E-state index in [0.717, 1.165) is 16.3 Å². The van der Waals surface area contributed by atoms with Crippen LogP contribution < -0.4 is 5.32 Å². The fourth-order valence-electron chi connectivity index (χ4n) is 4.76. The van der Waals surface area contributed by atoms with E-state index in [2.05, 4.69) is 5.32 Å². The van der Waals surface area contributed by atoms with Crippen LogP contribution in [-0.4, -0.2) is 53.8 Å². The smallest absolute Gasteiger partial charge is 0.252 e. The van der Waals surface area contributed by atoms with Gasteiger partial charge in [-0.05, 0) is 41.0 Å². The van der Waals surface area contributed by atoms with Gasteiger partial charge in [0.1, 0.15) is 18.7 Å². The molecule has 2 saturated heterocycles. The number of hydrogen-bond donors (Lipinski definition) is 1. The van der Waals surface area contributed by atoms with E-state index in [1.165, 1.54) is 0 Å². The Labute approximate surface area is 196 Å². The Morgan fingerprint density at radius 1 is 1.06 bits per heavy atom. The minimum absolute atomic E-state index is 0.0311. The van der Waals surface area contributed by atoms with Crippen molar-refractivity contribution in [3.8, 4) is 0 Å². The Morgan fingerprint density at radius 2 is 1.82 bits per heavy atom. The molecule has 0 radical (unpaired) electrons. The Hall–Kier alpha value is -3.22. The number of fused-ring (bicyclic) bond motifs is 2. The second kappa shape index (κ2) is 8.96. The molecule has 3 aromatic carbocycles. The Bertz CT molecular complexity index is 1220. The van der Waals surface area contributed by atoms with E-state index in [1.807, 2.05) is 48.5 Å². The van der Waals surface area contributed by atoms with Crippen molar-refractivity contribution in [3.63, 3.8) is 0 Å². The van der Waals surface area contributed by atoms with Crippen LogP contribution in [0.2, 0.25) is 5.02 Å². The average molecular weight is 463 g/mol. The minimum atomic E-state index is -0.829. The molecule has 2 heterocycles. The number of amides is 2. The van der Waals surface area contributed by atoms with E-state index < -0.39 is 12.1 Å². The van der Waals surface area contributed by atoms with Crippen LogP contribution in [-0.2, 0) is 20.7 Å². The van der Waals surface area contributed by atoms with Crippen molar-refractivity contribution in [2.75, 3.05) is 13.2 Å². The topological polar surface area (TPSA) is 75.7 Å². The number of ketones is 1. The number of hydrogen-bond acceptors (Lipinski definition) is 4. The Morgan fingerprint density at radius 3 is 2.64 bits per heavy atom. The van der Waals surface area contributed by atoms with E-state index in [9.17, 15) is 14.4 Å². The van der Waals surface area contributed by atoms with Crippen LogP contribution in [0.3, 0.4) is 0 Å². The van der Waals surface area contributed by atoms with Gasteiger partial charge in [0, 0.05) is 23.6 Å². The van der Waals surface area contributed by atoms with E-state index >= 15 is 0 Å². The number of nitrogens with zero attached hydrogens (tertiary/aromatic N) is 1. The van der Waals surface area contributed by atoms with Gasteiger partial charge in [-0.3, -0.25) is 14.4 Å². The number of carbonyl (C=O) groups excluding carboxylic acids is 3. The molecular formula is C26H23ClN2O4. The zero-order valence-electron chi connectivity index (χ0n) is 17.9. The summed E-state index contributed by atoms with van der Waals surface area (Å²) in [5.74, 6) is -0.690. The summed E-state index contributed by atoms with van der Waals surface area (Å²) in [4.78, 5) is 40.9.